The van der Waals surface area contributed by atoms with Crippen LogP contribution in [0.2, 0.25) is 0 Å². The number of anilines is 1. The van der Waals surface area contributed by atoms with Crippen LogP contribution in [-0.2, 0) is 0 Å². The van der Waals surface area contributed by atoms with Gasteiger partial charge in [-0.15, -0.1) is 0 Å². The SMILES string of the molecule is Cc1ccc(NC(=S)NC[C@H](C)c2ccccc2)cc1C. The van der Waals surface area contributed by atoms with Crippen molar-refractivity contribution >= 4 is 23.0 Å². The van der Waals surface area contributed by atoms with E-state index in [0.29, 0.717) is 11.0 Å². The Kier molecular flexibility index (Phi) is 5.34. The lowest BCUT2D eigenvalue weighted by molar-refractivity contribution is 0.723. The maximum atomic E-state index is 5.36. The number of hydrogen-bond acceptors (Lipinski definition) is 1. The van der Waals surface area contributed by atoms with Crippen LogP contribution in [-0.4, -0.2) is 11.7 Å². The Balaban J connectivity index is 1.86. The normalized spacial score (nSPS) is 11.8. The molecule has 0 unspecified atom stereocenters. The Bertz CT molecular complexity index is 608. The summed E-state index contributed by atoms with van der Waals surface area (Å²) in [6, 6.07) is 16.7. The molecule has 0 bridgehead atoms. The van der Waals surface area contributed by atoms with Gasteiger partial charge in [-0.25, -0.2) is 0 Å². The van der Waals surface area contributed by atoms with Crippen LogP contribution in [0.25, 0.3) is 0 Å². The van der Waals surface area contributed by atoms with Crippen LogP contribution in [0.4, 0.5) is 5.69 Å². The van der Waals surface area contributed by atoms with Gasteiger partial charge in [0.05, 0.1) is 0 Å². The number of thiocarbonyl (C=S) groups is 1. The van der Waals surface area contributed by atoms with E-state index in [1.807, 2.05) is 6.07 Å². The van der Waals surface area contributed by atoms with E-state index in [1.54, 1.807) is 0 Å². The van der Waals surface area contributed by atoms with E-state index in [4.69, 9.17) is 12.2 Å². The van der Waals surface area contributed by atoms with Gasteiger partial charge in [0.15, 0.2) is 5.11 Å². The highest BCUT2D eigenvalue weighted by Crippen LogP contribution is 2.15. The third kappa shape index (κ3) is 4.57. The van der Waals surface area contributed by atoms with Crippen LogP contribution < -0.4 is 10.6 Å². The van der Waals surface area contributed by atoms with Crippen LogP contribution in [0.5, 0.6) is 0 Å². The van der Waals surface area contributed by atoms with E-state index in [-0.39, 0.29) is 0 Å². The van der Waals surface area contributed by atoms with E-state index < -0.39 is 0 Å². The standard InChI is InChI=1S/C18H22N2S/c1-13-9-10-17(11-14(13)2)20-18(21)19-12-15(3)16-7-5-4-6-8-16/h4-11,15H,12H2,1-3H3,(H2,19,20,21)/t15-/m0/s1. The Labute approximate surface area is 132 Å². The van der Waals surface area contributed by atoms with Crippen molar-refractivity contribution in [2.75, 3.05) is 11.9 Å². The van der Waals surface area contributed by atoms with Gasteiger partial charge in [0, 0.05) is 12.2 Å². The minimum absolute atomic E-state index is 0.422. The first-order chi connectivity index (χ1) is 10.1. The monoisotopic (exact) mass is 298 g/mol. The maximum Gasteiger partial charge on any atom is 0.170 e. The number of nitrogens with one attached hydrogen (secondary N) is 2. The second-order valence-corrected chi connectivity index (χ2v) is 5.85. The molecule has 2 aromatic rings. The summed E-state index contributed by atoms with van der Waals surface area (Å²) in [6.45, 7) is 7.23. The number of aryl methyl sites for hydroxylation is 2. The molecule has 0 fully saturated rings. The summed E-state index contributed by atoms with van der Waals surface area (Å²) in [5.41, 5.74) is 4.90. The van der Waals surface area contributed by atoms with Crippen LogP contribution in [0, 0.1) is 13.8 Å². The summed E-state index contributed by atoms with van der Waals surface area (Å²) in [7, 11) is 0. The van der Waals surface area contributed by atoms with Crippen LogP contribution in [0.15, 0.2) is 48.5 Å². The molecule has 0 aliphatic rings. The van der Waals surface area contributed by atoms with E-state index in [2.05, 4.69) is 73.9 Å². The first kappa shape index (κ1) is 15.5. The van der Waals surface area contributed by atoms with Crippen LogP contribution in [0.3, 0.4) is 0 Å². The summed E-state index contributed by atoms with van der Waals surface area (Å²) < 4.78 is 0. The molecular weight excluding hydrogens is 276 g/mol. The zero-order valence-electron chi connectivity index (χ0n) is 12.8. The molecule has 0 aliphatic heterocycles. The molecule has 0 heterocycles. The van der Waals surface area contributed by atoms with Crippen LogP contribution in [0.1, 0.15) is 29.5 Å². The molecule has 1 atom stereocenters. The topological polar surface area (TPSA) is 24.1 Å². The fraction of sp³-hybridized carbons (Fsp3) is 0.278. The average molecular weight is 298 g/mol. The Morgan fingerprint density at radius 3 is 2.43 bits per heavy atom. The number of benzene rings is 2. The fourth-order valence-corrected chi connectivity index (χ4v) is 2.34. The van der Waals surface area contributed by atoms with Gasteiger partial charge in [0.25, 0.3) is 0 Å². The van der Waals surface area contributed by atoms with Crippen LogP contribution >= 0.6 is 12.2 Å². The second kappa shape index (κ2) is 7.23. The lowest BCUT2D eigenvalue weighted by atomic mass is 10.0. The number of hydrogen-bond donors (Lipinski definition) is 2. The molecule has 110 valence electrons. The third-order valence-electron chi connectivity index (χ3n) is 3.70. The summed E-state index contributed by atoms with van der Waals surface area (Å²) in [5.74, 6) is 0.422. The van der Waals surface area contributed by atoms with Gasteiger partial charge in [-0.05, 0) is 60.8 Å². The van der Waals surface area contributed by atoms with E-state index in [9.17, 15) is 0 Å². The zero-order valence-corrected chi connectivity index (χ0v) is 13.6. The maximum absolute atomic E-state index is 5.36. The third-order valence-corrected chi connectivity index (χ3v) is 3.95. The molecule has 0 aliphatic carbocycles. The Morgan fingerprint density at radius 1 is 1.05 bits per heavy atom. The van der Waals surface area contributed by atoms with Gasteiger partial charge in [-0.2, -0.15) is 0 Å². The predicted octanol–water partition coefficient (Wildman–Crippen LogP) is 4.39. The van der Waals surface area contributed by atoms with Crippen molar-refractivity contribution in [1.29, 1.82) is 0 Å². The van der Waals surface area contributed by atoms with Gasteiger partial charge in [0.2, 0.25) is 0 Å². The molecule has 0 saturated carbocycles. The molecule has 3 heteroatoms. The van der Waals surface area contributed by atoms with E-state index in [0.717, 1.165) is 12.2 Å². The van der Waals surface area contributed by atoms with E-state index in [1.165, 1.54) is 16.7 Å². The largest absolute Gasteiger partial charge is 0.362 e. The van der Waals surface area contributed by atoms with Crippen molar-refractivity contribution in [2.45, 2.75) is 26.7 Å². The Morgan fingerprint density at radius 2 is 1.76 bits per heavy atom. The summed E-state index contributed by atoms with van der Waals surface area (Å²) >= 11 is 5.36. The average Bonchev–Trinajstić information content (AvgIpc) is 2.49. The fourth-order valence-electron chi connectivity index (χ4n) is 2.14. The number of rotatable bonds is 4. The molecule has 2 N–H and O–H groups in total. The van der Waals surface area contributed by atoms with Gasteiger partial charge >= 0.3 is 0 Å². The minimum atomic E-state index is 0.422. The molecule has 0 radical (unpaired) electrons. The molecule has 0 amide bonds. The quantitative estimate of drug-likeness (QED) is 0.818. The van der Waals surface area contributed by atoms with Gasteiger partial charge in [-0.3, -0.25) is 0 Å². The van der Waals surface area contributed by atoms with Gasteiger partial charge in [-0.1, -0.05) is 43.3 Å². The van der Waals surface area contributed by atoms with Crippen molar-refractivity contribution in [3.63, 3.8) is 0 Å². The molecule has 2 nitrogen and oxygen atoms in total. The lowest BCUT2D eigenvalue weighted by Gasteiger charge is -2.16. The molecule has 2 rings (SSSR count). The van der Waals surface area contributed by atoms with Crippen molar-refractivity contribution < 1.29 is 0 Å². The summed E-state index contributed by atoms with van der Waals surface area (Å²) in [4.78, 5) is 0. The predicted molar refractivity (Wildman–Crippen MR) is 95.0 cm³/mol. The smallest absolute Gasteiger partial charge is 0.170 e. The minimum Gasteiger partial charge on any atom is -0.362 e. The van der Waals surface area contributed by atoms with Crippen molar-refractivity contribution in [2.24, 2.45) is 0 Å². The molecular formula is C18H22N2S. The first-order valence-corrected chi connectivity index (χ1v) is 7.64. The second-order valence-electron chi connectivity index (χ2n) is 5.45. The lowest BCUT2D eigenvalue weighted by Crippen LogP contribution is -2.31. The Hall–Kier alpha value is -1.87. The highest BCUT2D eigenvalue weighted by Gasteiger charge is 2.06. The molecule has 0 spiro atoms. The highest BCUT2D eigenvalue weighted by atomic mass is 32.1. The highest BCUT2D eigenvalue weighted by molar-refractivity contribution is 7.80. The molecule has 2 aromatic carbocycles. The van der Waals surface area contributed by atoms with Crippen molar-refractivity contribution in [3.05, 3.63) is 65.2 Å². The van der Waals surface area contributed by atoms with Crippen molar-refractivity contribution in [3.8, 4) is 0 Å². The van der Waals surface area contributed by atoms with E-state index >= 15 is 0 Å². The molecule has 21 heavy (non-hydrogen) atoms. The van der Waals surface area contributed by atoms with Crippen molar-refractivity contribution in [1.82, 2.24) is 5.32 Å². The molecule has 0 aromatic heterocycles. The first-order valence-electron chi connectivity index (χ1n) is 7.23. The van der Waals surface area contributed by atoms with Gasteiger partial charge in [0.1, 0.15) is 0 Å². The summed E-state index contributed by atoms with van der Waals surface area (Å²) in [5, 5.41) is 7.19. The molecule has 0 saturated heterocycles. The summed E-state index contributed by atoms with van der Waals surface area (Å²) in [6.07, 6.45) is 0. The van der Waals surface area contributed by atoms with Gasteiger partial charge < -0.3 is 10.6 Å². The zero-order chi connectivity index (χ0) is 15.2.